The van der Waals surface area contributed by atoms with Crippen molar-refractivity contribution in [3.63, 3.8) is 0 Å². The molecule has 178 valence electrons. The zero-order valence-electron chi connectivity index (χ0n) is 18.0. The van der Waals surface area contributed by atoms with Crippen LogP contribution in [0.4, 0.5) is 11.4 Å². The van der Waals surface area contributed by atoms with Gasteiger partial charge in [0.1, 0.15) is 11.0 Å². The molecule has 0 fully saturated rings. The van der Waals surface area contributed by atoms with E-state index < -0.39 is 28.5 Å². The first-order valence-electron chi connectivity index (χ1n) is 10.3. The fourth-order valence-corrected chi connectivity index (χ4v) is 5.80. The SMILES string of the molecule is N#Cc1ccc(Cl)cc1NC(=O)COC(=O)c1ccc(Cl)c(S(=O)(=O)N2CCc3ccccc32)c1. The monoisotopic (exact) mass is 529 g/mol. The lowest BCUT2D eigenvalue weighted by molar-refractivity contribution is -0.119. The van der Waals surface area contributed by atoms with E-state index in [4.69, 9.17) is 33.2 Å². The molecule has 35 heavy (non-hydrogen) atoms. The molecule has 1 N–H and O–H groups in total. The fourth-order valence-electron chi connectivity index (χ4n) is 3.62. The number of fused-ring (bicyclic) bond motifs is 1. The summed E-state index contributed by atoms with van der Waals surface area (Å²) in [5.41, 5.74) is 1.73. The van der Waals surface area contributed by atoms with E-state index >= 15 is 0 Å². The number of carbonyl (C=O) groups excluding carboxylic acids is 2. The zero-order chi connectivity index (χ0) is 25.2. The van der Waals surface area contributed by atoms with E-state index in [1.54, 1.807) is 12.1 Å². The molecule has 0 aliphatic carbocycles. The molecule has 3 aromatic rings. The summed E-state index contributed by atoms with van der Waals surface area (Å²) in [4.78, 5) is 24.6. The molecule has 0 spiro atoms. The van der Waals surface area contributed by atoms with Crippen molar-refractivity contribution in [3.8, 4) is 6.07 Å². The maximum absolute atomic E-state index is 13.3. The molecule has 1 aliphatic rings. The number of anilines is 2. The molecule has 11 heteroatoms. The quantitative estimate of drug-likeness (QED) is 0.472. The Morgan fingerprint density at radius 1 is 1.09 bits per heavy atom. The Hall–Kier alpha value is -3.58. The Balaban J connectivity index is 1.49. The highest BCUT2D eigenvalue weighted by molar-refractivity contribution is 7.93. The summed E-state index contributed by atoms with van der Waals surface area (Å²) in [7, 11) is -4.05. The van der Waals surface area contributed by atoms with Gasteiger partial charge in [0.15, 0.2) is 6.61 Å². The van der Waals surface area contributed by atoms with Crippen molar-refractivity contribution in [2.24, 2.45) is 0 Å². The third-order valence-corrected chi connectivity index (χ3v) is 7.82. The highest BCUT2D eigenvalue weighted by Gasteiger charge is 2.32. The van der Waals surface area contributed by atoms with Crippen molar-refractivity contribution in [2.45, 2.75) is 11.3 Å². The minimum Gasteiger partial charge on any atom is -0.452 e. The number of benzene rings is 3. The van der Waals surface area contributed by atoms with Gasteiger partial charge >= 0.3 is 5.97 Å². The molecule has 0 saturated carbocycles. The van der Waals surface area contributed by atoms with Crippen molar-refractivity contribution >= 4 is 56.5 Å². The summed E-state index contributed by atoms with van der Waals surface area (Å²) >= 11 is 12.1. The minimum absolute atomic E-state index is 0.0475. The lowest BCUT2D eigenvalue weighted by Crippen LogP contribution is -2.29. The van der Waals surface area contributed by atoms with Gasteiger partial charge in [-0.15, -0.1) is 0 Å². The number of halogens is 2. The lowest BCUT2D eigenvalue weighted by atomic mass is 10.2. The lowest BCUT2D eigenvalue weighted by Gasteiger charge is -2.20. The molecule has 8 nitrogen and oxygen atoms in total. The third-order valence-electron chi connectivity index (χ3n) is 5.29. The van der Waals surface area contributed by atoms with Crippen molar-refractivity contribution in [3.05, 3.63) is 87.4 Å². The average molecular weight is 530 g/mol. The van der Waals surface area contributed by atoms with Crippen LogP contribution in [0.15, 0.2) is 65.6 Å². The second-order valence-electron chi connectivity index (χ2n) is 7.53. The van der Waals surface area contributed by atoms with E-state index in [0.717, 1.165) is 11.6 Å². The number of carbonyl (C=O) groups is 2. The van der Waals surface area contributed by atoms with Gasteiger partial charge in [0.2, 0.25) is 0 Å². The molecule has 0 radical (unpaired) electrons. The van der Waals surface area contributed by atoms with E-state index in [1.165, 1.54) is 34.6 Å². The van der Waals surface area contributed by atoms with Gasteiger partial charge in [-0.2, -0.15) is 5.26 Å². The number of nitrogens with one attached hydrogen (secondary N) is 1. The summed E-state index contributed by atoms with van der Waals surface area (Å²) < 4.78 is 33.0. The first-order chi connectivity index (χ1) is 16.7. The summed E-state index contributed by atoms with van der Waals surface area (Å²) in [5.74, 6) is -1.62. The van der Waals surface area contributed by atoms with E-state index in [0.29, 0.717) is 17.1 Å². The van der Waals surface area contributed by atoms with Crippen LogP contribution in [0.5, 0.6) is 0 Å². The predicted octanol–water partition coefficient (Wildman–Crippen LogP) is 4.41. The van der Waals surface area contributed by atoms with Crippen LogP contribution < -0.4 is 9.62 Å². The Bertz CT molecular complexity index is 1480. The molecule has 0 unspecified atom stereocenters. The maximum Gasteiger partial charge on any atom is 0.338 e. The summed E-state index contributed by atoms with van der Waals surface area (Å²) in [6.45, 7) is -0.415. The number of rotatable bonds is 6. The van der Waals surface area contributed by atoms with E-state index in [1.807, 2.05) is 18.2 Å². The first-order valence-corrected chi connectivity index (χ1v) is 12.5. The van der Waals surface area contributed by atoms with Crippen LogP contribution in [0, 0.1) is 11.3 Å². The van der Waals surface area contributed by atoms with Gasteiger partial charge in [-0.05, 0) is 54.4 Å². The second-order valence-corrected chi connectivity index (χ2v) is 10.2. The largest absolute Gasteiger partial charge is 0.452 e. The van der Waals surface area contributed by atoms with Gasteiger partial charge < -0.3 is 10.1 Å². The number of hydrogen-bond donors (Lipinski definition) is 1. The van der Waals surface area contributed by atoms with Crippen LogP contribution in [0.25, 0.3) is 0 Å². The Morgan fingerprint density at radius 3 is 2.63 bits per heavy atom. The summed E-state index contributed by atoms with van der Waals surface area (Å²) in [6, 6.07) is 17.1. The maximum atomic E-state index is 13.3. The Morgan fingerprint density at radius 2 is 1.86 bits per heavy atom. The van der Waals surface area contributed by atoms with Gasteiger partial charge in [-0.1, -0.05) is 41.4 Å². The standard InChI is InChI=1S/C24H17Cl2N3O5S/c25-18-7-5-17(13-27)20(12-18)28-23(30)14-34-24(31)16-6-8-19(26)22(11-16)35(32,33)29-10-9-15-3-1-2-4-21(15)29/h1-8,11-12H,9-10,14H2,(H,28,30). The van der Waals surface area contributed by atoms with Gasteiger partial charge in [0.25, 0.3) is 15.9 Å². The van der Waals surface area contributed by atoms with Gasteiger partial charge in [0.05, 0.1) is 27.5 Å². The molecule has 0 saturated heterocycles. The Labute approximate surface area is 211 Å². The molecular weight excluding hydrogens is 513 g/mol. The van der Waals surface area contributed by atoms with E-state index in [9.17, 15) is 18.0 Å². The van der Waals surface area contributed by atoms with Crippen molar-refractivity contribution in [1.82, 2.24) is 0 Å². The third kappa shape index (κ3) is 5.10. The topological polar surface area (TPSA) is 117 Å². The van der Waals surface area contributed by atoms with Crippen LogP contribution in [0.3, 0.4) is 0 Å². The number of nitrogens with zero attached hydrogens (tertiary/aromatic N) is 2. The number of sulfonamides is 1. The zero-order valence-corrected chi connectivity index (χ0v) is 20.3. The molecule has 0 bridgehead atoms. The summed E-state index contributed by atoms with van der Waals surface area (Å²) in [5, 5.41) is 11.9. The smallest absolute Gasteiger partial charge is 0.338 e. The van der Waals surface area contributed by atoms with Crippen LogP contribution in [0.1, 0.15) is 21.5 Å². The number of hydrogen-bond acceptors (Lipinski definition) is 6. The molecule has 4 rings (SSSR count). The van der Waals surface area contributed by atoms with Crippen LogP contribution in [-0.2, 0) is 26.0 Å². The molecule has 0 atom stereocenters. The summed E-state index contributed by atoms with van der Waals surface area (Å²) in [6.07, 6.45) is 0.560. The minimum atomic E-state index is -4.05. The van der Waals surface area contributed by atoms with Gasteiger partial charge in [-0.25, -0.2) is 13.2 Å². The van der Waals surface area contributed by atoms with Crippen molar-refractivity contribution < 1.29 is 22.7 Å². The van der Waals surface area contributed by atoms with Gasteiger partial charge in [0, 0.05) is 11.6 Å². The van der Waals surface area contributed by atoms with E-state index in [2.05, 4.69) is 5.32 Å². The van der Waals surface area contributed by atoms with Crippen molar-refractivity contribution in [2.75, 3.05) is 22.8 Å². The van der Waals surface area contributed by atoms with E-state index in [-0.39, 0.29) is 33.3 Å². The second kappa shape index (κ2) is 9.96. The van der Waals surface area contributed by atoms with Gasteiger partial charge in [-0.3, -0.25) is 9.10 Å². The Kier molecular flexibility index (Phi) is 6.98. The molecular formula is C24H17Cl2N3O5S. The van der Waals surface area contributed by atoms with Crippen LogP contribution in [0.2, 0.25) is 10.0 Å². The highest BCUT2D eigenvalue weighted by Crippen LogP contribution is 2.35. The average Bonchev–Trinajstić information content (AvgIpc) is 3.28. The number of esters is 1. The molecule has 1 aliphatic heterocycles. The predicted molar refractivity (Wildman–Crippen MR) is 131 cm³/mol. The first kappa shape index (κ1) is 24.5. The number of ether oxygens (including phenoxy) is 1. The number of amides is 1. The molecule has 1 heterocycles. The molecule has 3 aromatic carbocycles. The van der Waals surface area contributed by atoms with Crippen molar-refractivity contribution in [1.29, 1.82) is 5.26 Å². The van der Waals surface area contributed by atoms with Crippen LogP contribution >= 0.6 is 23.2 Å². The van der Waals surface area contributed by atoms with Crippen LogP contribution in [-0.4, -0.2) is 33.4 Å². The highest BCUT2D eigenvalue weighted by atomic mass is 35.5. The number of para-hydroxylation sites is 1. The molecule has 1 amide bonds. The molecule has 0 aromatic heterocycles. The normalized spacial score (nSPS) is 12.5. The fraction of sp³-hybridized carbons (Fsp3) is 0.125. The number of nitriles is 1.